The molecule has 0 unspecified atom stereocenters. The smallest absolute Gasteiger partial charge is 0.326 e. The summed E-state index contributed by atoms with van der Waals surface area (Å²) in [4.78, 5) is 34.8. The van der Waals surface area contributed by atoms with Crippen LogP contribution in [-0.4, -0.2) is 49.7 Å². The van der Waals surface area contributed by atoms with Crippen molar-refractivity contribution in [2.75, 3.05) is 20.8 Å². The van der Waals surface area contributed by atoms with Crippen molar-refractivity contribution in [1.29, 1.82) is 0 Å². The number of carboxylic acids is 1. The molecule has 0 saturated heterocycles. The van der Waals surface area contributed by atoms with Crippen LogP contribution >= 0.6 is 0 Å². The zero-order chi connectivity index (χ0) is 19.0. The summed E-state index contributed by atoms with van der Waals surface area (Å²) >= 11 is 0. The first kappa shape index (κ1) is 20.3. The molecule has 0 heterocycles. The molecule has 0 aromatic heterocycles. The van der Waals surface area contributed by atoms with Crippen molar-refractivity contribution in [3.8, 4) is 11.5 Å². The van der Waals surface area contributed by atoms with E-state index in [4.69, 9.17) is 9.47 Å². The summed E-state index contributed by atoms with van der Waals surface area (Å²) in [5.41, 5.74) is 0.235. The maximum atomic E-state index is 12.3. The molecule has 3 N–H and O–H groups in total. The Bertz CT molecular complexity index is 630. The van der Waals surface area contributed by atoms with Gasteiger partial charge in [0.1, 0.15) is 6.04 Å². The Kier molecular flexibility index (Phi) is 7.71. The van der Waals surface area contributed by atoms with E-state index in [1.54, 1.807) is 0 Å². The molecule has 0 fully saturated rings. The summed E-state index contributed by atoms with van der Waals surface area (Å²) in [5.74, 6) is -1.21. The fourth-order valence-electron chi connectivity index (χ4n) is 2.08. The van der Waals surface area contributed by atoms with Gasteiger partial charge in [-0.1, -0.05) is 13.8 Å². The Hall–Kier alpha value is -2.77. The van der Waals surface area contributed by atoms with E-state index in [1.807, 2.05) is 13.8 Å². The van der Waals surface area contributed by atoms with Crippen molar-refractivity contribution in [3.05, 3.63) is 23.8 Å². The van der Waals surface area contributed by atoms with Crippen molar-refractivity contribution in [3.63, 3.8) is 0 Å². The lowest BCUT2D eigenvalue weighted by Crippen LogP contribution is -2.41. The molecule has 0 aliphatic carbocycles. The van der Waals surface area contributed by atoms with Gasteiger partial charge in [-0.3, -0.25) is 9.59 Å². The van der Waals surface area contributed by atoms with Crippen LogP contribution in [0.1, 0.15) is 30.6 Å². The Morgan fingerprint density at radius 3 is 2.40 bits per heavy atom. The molecule has 1 aromatic rings. The van der Waals surface area contributed by atoms with E-state index in [9.17, 15) is 19.5 Å². The van der Waals surface area contributed by atoms with Crippen LogP contribution in [0.4, 0.5) is 0 Å². The number of nitrogens with one attached hydrogen (secondary N) is 2. The minimum absolute atomic E-state index is 0.122. The van der Waals surface area contributed by atoms with E-state index in [0.29, 0.717) is 12.2 Å². The van der Waals surface area contributed by atoms with Crippen molar-refractivity contribution >= 4 is 17.8 Å². The number of aliphatic carboxylic acids is 1. The highest BCUT2D eigenvalue weighted by atomic mass is 16.5. The highest BCUT2D eigenvalue weighted by Gasteiger charge is 2.22. The van der Waals surface area contributed by atoms with E-state index < -0.39 is 17.9 Å². The number of hydrogen-bond acceptors (Lipinski definition) is 5. The van der Waals surface area contributed by atoms with Crippen LogP contribution in [-0.2, 0) is 9.59 Å². The summed E-state index contributed by atoms with van der Waals surface area (Å²) in [6, 6.07) is 3.44. The second-order valence-corrected chi connectivity index (χ2v) is 5.82. The first-order chi connectivity index (χ1) is 11.8. The molecule has 2 amide bonds. The van der Waals surface area contributed by atoms with Crippen LogP contribution in [0.15, 0.2) is 18.2 Å². The molecule has 1 atom stereocenters. The molecule has 0 bridgehead atoms. The molecule has 0 radical (unpaired) electrons. The Labute approximate surface area is 146 Å². The number of amides is 2. The van der Waals surface area contributed by atoms with E-state index in [-0.39, 0.29) is 29.7 Å². The SMILES string of the molecule is CNC(=O)COc1ccc(C(=O)N[C@@H](CC(C)C)C(=O)O)cc1OC. The van der Waals surface area contributed by atoms with Crippen LogP contribution in [0.25, 0.3) is 0 Å². The van der Waals surface area contributed by atoms with Crippen LogP contribution < -0.4 is 20.1 Å². The second-order valence-electron chi connectivity index (χ2n) is 5.82. The zero-order valence-corrected chi connectivity index (χ0v) is 14.8. The molecule has 1 aromatic carbocycles. The molecule has 0 aliphatic heterocycles. The largest absolute Gasteiger partial charge is 0.493 e. The van der Waals surface area contributed by atoms with Gasteiger partial charge in [-0.15, -0.1) is 0 Å². The zero-order valence-electron chi connectivity index (χ0n) is 14.8. The lowest BCUT2D eigenvalue weighted by molar-refractivity contribution is -0.139. The standard InChI is InChI=1S/C17H24N2O6/c1-10(2)7-12(17(22)23)19-16(21)11-5-6-13(14(8-11)24-4)25-9-15(20)18-3/h5-6,8,10,12H,7,9H2,1-4H3,(H,18,20)(H,19,21)(H,22,23)/t12-/m0/s1. The van der Waals surface area contributed by atoms with Gasteiger partial charge in [0.25, 0.3) is 11.8 Å². The summed E-state index contributed by atoms with van der Waals surface area (Å²) in [6.07, 6.45) is 0.325. The van der Waals surface area contributed by atoms with Gasteiger partial charge in [-0.2, -0.15) is 0 Å². The minimum Gasteiger partial charge on any atom is -0.493 e. The molecule has 1 rings (SSSR count). The molecule has 0 saturated carbocycles. The van der Waals surface area contributed by atoms with E-state index in [1.165, 1.54) is 32.4 Å². The average Bonchev–Trinajstić information content (AvgIpc) is 2.58. The molecular weight excluding hydrogens is 328 g/mol. The van der Waals surface area contributed by atoms with Gasteiger partial charge in [0.15, 0.2) is 18.1 Å². The van der Waals surface area contributed by atoms with Gasteiger partial charge >= 0.3 is 5.97 Å². The number of carbonyl (C=O) groups is 3. The van der Waals surface area contributed by atoms with E-state index in [2.05, 4.69) is 10.6 Å². The third kappa shape index (κ3) is 6.33. The van der Waals surface area contributed by atoms with Crippen LogP contribution in [0, 0.1) is 5.92 Å². The number of carbonyl (C=O) groups excluding carboxylic acids is 2. The maximum Gasteiger partial charge on any atom is 0.326 e. The number of likely N-dealkylation sites (N-methyl/N-ethyl adjacent to an activating group) is 1. The van der Waals surface area contributed by atoms with E-state index >= 15 is 0 Å². The molecule has 8 heteroatoms. The summed E-state index contributed by atoms with van der Waals surface area (Å²) in [5, 5.41) is 14.1. The summed E-state index contributed by atoms with van der Waals surface area (Å²) in [7, 11) is 2.90. The fraction of sp³-hybridized carbons (Fsp3) is 0.471. The van der Waals surface area contributed by atoms with Gasteiger partial charge in [0, 0.05) is 12.6 Å². The van der Waals surface area contributed by atoms with Gasteiger partial charge in [-0.25, -0.2) is 4.79 Å². The predicted molar refractivity (Wildman–Crippen MR) is 90.9 cm³/mol. The average molecular weight is 352 g/mol. The second kappa shape index (κ2) is 9.51. The Morgan fingerprint density at radius 1 is 1.20 bits per heavy atom. The van der Waals surface area contributed by atoms with Crippen molar-refractivity contribution in [2.24, 2.45) is 5.92 Å². The lowest BCUT2D eigenvalue weighted by Gasteiger charge is -2.17. The van der Waals surface area contributed by atoms with Crippen molar-refractivity contribution in [1.82, 2.24) is 10.6 Å². The number of carboxylic acid groups (broad SMARTS) is 1. The van der Waals surface area contributed by atoms with Gasteiger partial charge < -0.3 is 25.2 Å². The summed E-state index contributed by atoms with van der Waals surface area (Å²) in [6.45, 7) is 3.57. The maximum absolute atomic E-state index is 12.3. The first-order valence-corrected chi connectivity index (χ1v) is 7.83. The highest BCUT2D eigenvalue weighted by Crippen LogP contribution is 2.28. The van der Waals surface area contributed by atoms with Gasteiger partial charge in [-0.05, 0) is 30.5 Å². The quantitative estimate of drug-likeness (QED) is 0.612. The van der Waals surface area contributed by atoms with Crippen LogP contribution in [0.2, 0.25) is 0 Å². The first-order valence-electron chi connectivity index (χ1n) is 7.83. The van der Waals surface area contributed by atoms with Crippen molar-refractivity contribution < 1.29 is 29.0 Å². The molecular formula is C17H24N2O6. The predicted octanol–water partition coefficient (Wildman–Crippen LogP) is 1.05. The topological polar surface area (TPSA) is 114 Å². The minimum atomic E-state index is -1.08. The molecule has 0 aliphatic rings. The Balaban J connectivity index is 2.88. The number of methoxy groups -OCH3 is 1. The fourth-order valence-corrected chi connectivity index (χ4v) is 2.08. The lowest BCUT2D eigenvalue weighted by atomic mass is 10.0. The van der Waals surface area contributed by atoms with Crippen LogP contribution in [0.3, 0.4) is 0 Å². The highest BCUT2D eigenvalue weighted by molar-refractivity contribution is 5.97. The third-order valence-electron chi connectivity index (χ3n) is 3.37. The summed E-state index contributed by atoms with van der Waals surface area (Å²) < 4.78 is 10.5. The van der Waals surface area contributed by atoms with Gasteiger partial charge in [0.05, 0.1) is 7.11 Å². The number of benzene rings is 1. The molecule has 8 nitrogen and oxygen atoms in total. The van der Waals surface area contributed by atoms with Crippen molar-refractivity contribution in [2.45, 2.75) is 26.3 Å². The number of rotatable bonds is 9. The Morgan fingerprint density at radius 2 is 1.88 bits per heavy atom. The van der Waals surface area contributed by atoms with Crippen LogP contribution in [0.5, 0.6) is 11.5 Å². The molecule has 0 spiro atoms. The molecule has 138 valence electrons. The number of ether oxygens (including phenoxy) is 2. The van der Waals surface area contributed by atoms with E-state index in [0.717, 1.165) is 0 Å². The normalized spacial score (nSPS) is 11.6. The molecule has 25 heavy (non-hydrogen) atoms. The number of hydrogen-bond donors (Lipinski definition) is 3. The third-order valence-corrected chi connectivity index (χ3v) is 3.37. The monoisotopic (exact) mass is 352 g/mol. The van der Waals surface area contributed by atoms with Gasteiger partial charge in [0.2, 0.25) is 0 Å².